The van der Waals surface area contributed by atoms with E-state index in [0.29, 0.717) is 12.1 Å². The minimum Gasteiger partial charge on any atom is -0.384 e. The van der Waals surface area contributed by atoms with E-state index in [1.165, 1.54) is 0 Å². The Morgan fingerprint density at radius 3 is 2.05 bits per heavy atom. The molecule has 2 rings (SSSR count). The molecule has 1 aromatic heterocycles. The lowest BCUT2D eigenvalue weighted by Crippen LogP contribution is -2.13. The highest BCUT2D eigenvalue weighted by molar-refractivity contribution is 5.58. The van der Waals surface area contributed by atoms with Crippen LogP contribution >= 0.6 is 0 Å². The molecular formula is C11H6F6N4. The first-order valence-corrected chi connectivity index (χ1v) is 5.30. The first-order valence-electron chi connectivity index (χ1n) is 5.30. The van der Waals surface area contributed by atoms with Crippen molar-refractivity contribution in [2.75, 3.05) is 11.1 Å². The van der Waals surface area contributed by atoms with Gasteiger partial charge < -0.3 is 11.1 Å². The molecule has 21 heavy (non-hydrogen) atoms. The molecule has 1 heterocycles. The predicted octanol–water partition coefficient (Wildman–Crippen LogP) is 3.24. The summed E-state index contributed by atoms with van der Waals surface area (Å²) in [5, 5.41) is 2.19. The number of aromatic nitrogens is 2. The summed E-state index contributed by atoms with van der Waals surface area (Å²) < 4.78 is 76.2. The van der Waals surface area contributed by atoms with Crippen molar-refractivity contribution in [3.8, 4) is 0 Å². The van der Waals surface area contributed by atoms with Gasteiger partial charge >= 0.3 is 6.18 Å². The van der Waals surface area contributed by atoms with E-state index < -0.39 is 41.1 Å². The number of halogens is 6. The average Bonchev–Trinajstić information content (AvgIpc) is 2.34. The van der Waals surface area contributed by atoms with Crippen molar-refractivity contribution in [3.63, 3.8) is 0 Å². The fourth-order valence-corrected chi connectivity index (χ4v) is 1.43. The first-order chi connectivity index (χ1) is 9.66. The molecule has 0 bridgehead atoms. The number of nitrogens with two attached hydrogens (primary N) is 1. The molecule has 3 N–H and O–H groups in total. The van der Waals surface area contributed by atoms with Gasteiger partial charge in [0.05, 0.1) is 0 Å². The molecule has 0 aliphatic heterocycles. The Kier molecular flexibility index (Phi) is 3.62. The number of alkyl halides is 3. The van der Waals surface area contributed by atoms with Gasteiger partial charge in [-0.3, -0.25) is 0 Å². The van der Waals surface area contributed by atoms with E-state index in [1.807, 2.05) is 0 Å². The van der Waals surface area contributed by atoms with Gasteiger partial charge in [-0.25, -0.2) is 23.1 Å². The largest absolute Gasteiger partial charge is 0.451 e. The molecule has 0 radical (unpaired) electrons. The van der Waals surface area contributed by atoms with Crippen molar-refractivity contribution < 1.29 is 26.3 Å². The Hall–Kier alpha value is -2.52. The van der Waals surface area contributed by atoms with Crippen molar-refractivity contribution >= 4 is 17.3 Å². The molecular weight excluding hydrogens is 302 g/mol. The molecule has 112 valence electrons. The maximum Gasteiger partial charge on any atom is 0.451 e. The molecule has 0 saturated heterocycles. The lowest BCUT2D eigenvalue weighted by Gasteiger charge is -2.10. The van der Waals surface area contributed by atoms with Crippen molar-refractivity contribution in [1.82, 2.24) is 9.97 Å². The summed E-state index contributed by atoms with van der Waals surface area (Å²) in [5.74, 6) is -7.17. The summed E-state index contributed by atoms with van der Waals surface area (Å²) in [5.41, 5.74) is 4.86. The normalized spacial score (nSPS) is 11.5. The van der Waals surface area contributed by atoms with Gasteiger partial charge in [-0.05, 0) is 0 Å². The molecule has 1 aromatic carbocycles. The average molecular weight is 308 g/mol. The third kappa shape index (κ3) is 3.33. The Bertz CT molecular complexity index is 662. The van der Waals surface area contributed by atoms with Crippen molar-refractivity contribution in [3.05, 3.63) is 41.5 Å². The van der Waals surface area contributed by atoms with Crippen LogP contribution in [0.2, 0.25) is 0 Å². The van der Waals surface area contributed by atoms with Gasteiger partial charge in [0.2, 0.25) is 5.82 Å². The zero-order chi connectivity index (χ0) is 15.8. The Labute approximate surface area is 113 Å². The van der Waals surface area contributed by atoms with Crippen LogP contribution in [0.1, 0.15) is 5.82 Å². The number of hydrogen-bond donors (Lipinski definition) is 2. The van der Waals surface area contributed by atoms with Gasteiger partial charge in [0.15, 0.2) is 17.5 Å². The second-order valence-corrected chi connectivity index (χ2v) is 3.88. The minimum atomic E-state index is -4.84. The van der Waals surface area contributed by atoms with Crippen LogP contribution in [0.15, 0.2) is 18.2 Å². The van der Waals surface area contributed by atoms with Gasteiger partial charge in [-0.2, -0.15) is 13.2 Å². The van der Waals surface area contributed by atoms with Crippen LogP contribution in [0.4, 0.5) is 43.7 Å². The quantitative estimate of drug-likeness (QED) is 0.660. The molecule has 0 saturated carbocycles. The zero-order valence-corrected chi connectivity index (χ0v) is 9.97. The predicted molar refractivity (Wildman–Crippen MR) is 61.0 cm³/mol. The van der Waals surface area contributed by atoms with E-state index in [2.05, 4.69) is 15.3 Å². The Morgan fingerprint density at radius 1 is 0.952 bits per heavy atom. The number of hydrogen-bond acceptors (Lipinski definition) is 4. The Balaban J connectivity index is 2.38. The molecule has 0 fully saturated rings. The lowest BCUT2D eigenvalue weighted by molar-refractivity contribution is -0.144. The number of nitrogens with one attached hydrogen (secondary N) is 1. The van der Waals surface area contributed by atoms with Crippen LogP contribution < -0.4 is 11.1 Å². The van der Waals surface area contributed by atoms with Gasteiger partial charge in [0.25, 0.3) is 0 Å². The topological polar surface area (TPSA) is 63.8 Å². The summed E-state index contributed by atoms with van der Waals surface area (Å²) in [6.45, 7) is 0. The second kappa shape index (κ2) is 5.11. The van der Waals surface area contributed by atoms with Gasteiger partial charge in [0, 0.05) is 23.9 Å². The molecule has 0 spiro atoms. The number of rotatable bonds is 2. The lowest BCUT2D eigenvalue weighted by atomic mass is 10.3. The van der Waals surface area contributed by atoms with Gasteiger partial charge in [-0.15, -0.1) is 0 Å². The molecule has 10 heteroatoms. The van der Waals surface area contributed by atoms with Crippen LogP contribution in [0.25, 0.3) is 0 Å². The van der Waals surface area contributed by atoms with E-state index >= 15 is 0 Å². The molecule has 2 aromatic rings. The third-order valence-electron chi connectivity index (χ3n) is 2.26. The maximum atomic E-state index is 13.0. The molecule has 4 nitrogen and oxygen atoms in total. The van der Waals surface area contributed by atoms with E-state index in [1.54, 1.807) is 0 Å². The summed E-state index contributed by atoms with van der Waals surface area (Å²) in [7, 11) is 0. The summed E-state index contributed by atoms with van der Waals surface area (Å²) in [6, 6.07) is 2.04. The summed E-state index contributed by atoms with van der Waals surface area (Å²) in [4.78, 5) is 6.11. The van der Waals surface area contributed by atoms with Crippen molar-refractivity contribution in [2.45, 2.75) is 6.18 Å². The van der Waals surface area contributed by atoms with Crippen LogP contribution in [0, 0.1) is 17.5 Å². The standard InChI is InChI=1S/C11H6F6N4/c12-5-1-4(2-6(13)9(5)14)19-8-3-7(18)20-10(21-8)11(15,16)17/h1-3H,(H3,18,19,20,21). The highest BCUT2D eigenvalue weighted by Crippen LogP contribution is 2.29. The number of nitrogens with zero attached hydrogens (tertiary/aromatic N) is 2. The van der Waals surface area contributed by atoms with E-state index in [4.69, 9.17) is 5.73 Å². The van der Waals surface area contributed by atoms with Crippen molar-refractivity contribution in [2.24, 2.45) is 0 Å². The monoisotopic (exact) mass is 308 g/mol. The highest BCUT2D eigenvalue weighted by atomic mass is 19.4. The smallest absolute Gasteiger partial charge is 0.384 e. The van der Waals surface area contributed by atoms with Gasteiger partial charge in [0.1, 0.15) is 11.6 Å². The number of benzene rings is 1. The third-order valence-corrected chi connectivity index (χ3v) is 2.26. The van der Waals surface area contributed by atoms with Gasteiger partial charge in [-0.1, -0.05) is 0 Å². The van der Waals surface area contributed by atoms with E-state index in [9.17, 15) is 26.3 Å². The van der Waals surface area contributed by atoms with Crippen molar-refractivity contribution in [1.29, 1.82) is 0 Å². The Morgan fingerprint density at radius 2 is 1.52 bits per heavy atom. The number of nitrogen functional groups attached to an aromatic ring is 1. The van der Waals surface area contributed by atoms with E-state index in [0.717, 1.165) is 6.07 Å². The van der Waals surface area contributed by atoms with Crippen LogP contribution in [0.5, 0.6) is 0 Å². The SMILES string of the molecule is Nc1cc(Nc2cc(F)c(F)c(F)c2)nc(C(F)(F)F)n1. The minimum absolute atomic E-state index is 0.336. The molecule has 0 amide bonds. The van der Waals surface area contributed by atoms with Crippen LogP contribution in [0.3, 0.4) is 0 Å². The second-order valence-electron chi connectivity index (χ2n) is 3.88. The summed E-state index contributed by atoms with van der Waals surface area (Å²) >= 11 is 0. The molecule has 0 unspecified atom stereocenters. The summed E-state index contributed by atoms with van der Waals surface area (Å²) in [6.07, 6.45) is -4.84. The van der Waals surface area contributed by atoms with E-state index in [-0.39, 0.29) is 5.69 Å². The fourth-order valence-electron chi connectivity index (χ4n) is 1.43. The first kappa shape index (κ1) is 14.9. The van der Waals surface area contributed by atoms with Crippen LogP contribution in [-0.4, -0.2) is 9.97 Å². The van der Waals surface area contributed by atoms with Crippen LogP contribution in [-0.2, 0) is 6.18 Å². The fraction of sp³-hybridized carbons (Fsp3) is 0.0909. The number of anilines is 3. The molecule has 0 aliphatic rings. The molecule has 0 aliphatic carbocycles. The highest BCUT2D eigenvalue weighted by Gasteiger charge is 2.35. The zero-order valence-electron chi connectivity index (χ0n) is 9.97. The molecule has 0 atom stereocenters. The maximum absolute atomic E-state index is 13.0.